The predicted molar refractivity (Wildman–Crippen MR) is 96.2 cm³/mol. The van der Waals surface area contributed by atoms with E-state index in [9.17, 15) is 4.79 Å². The number of hydrogen-bond donors (Lipinski definition) is 0. The van der Waals surface area contributed by atoms with Crippen LogP contribution in [0.15, 0.2) is 48.5 Å². The van der Waals surface area contributed by atoms with E-state index in [-0.39, 0.29) is 11.3 Å². The molecule has 23 heavy (non-hydrogen) atoms. The summed E-state index contributed by atoms with van der Waals surface area (Å²) in [5, 5.41) is 0.0390. The molecule has 0 saturated carbocycles. The third-order valence-electron chi connectivity index (χ3n) is 4.11. The Bertz CT molecular complexity index is 680. The molecule has 1 unspecified atom stereocenters. The summed E-state index contributed by atoms with van der Waals surface area (Å²) < 4.78 is 5.20. The van der Waals surface area contributed by atoms with Gasteiger partial charge in [-0.3, -0.25) is 9.69 Å². The van der Waals surface area contributed by atoms with Gasteiger partial charge in [0, 0.05) is 5.69 Å². The third-order valence-corrected chi connectivity index (χ3v) is 5.32. The minimum absolute atomic E-state index is 0.0390. The summed E-state index contributed by atoms with van der Waals surface area (Å²) in [4.78, 5) is 14.2. The maximum absolute atomic E-state index is 12.4. The molecule has 1 amide bonds. The summed E-state index contributed by atoms with van der Waals surface area (Å²) in [5.41, 5.74) is 3.40. The highest BCUT2D eigenvalue weighted by molar-refractivity contribution is 8.00. The summed E-state index contributed by atoms with van der Waals surface area (Å²) in [6, 6.07) is 16.3. The molecule has 0 N–H and O–H groups in total. The van der Waals surface area contributed by atoms with Crippen LogP contribution in [0.25, 0.3) is 0 Å². The Kier molecular flexibility index (Phi) is 4.62. The van der Waals surface area contributed by atoms with Gasteiger partial charge in [-0.25, -0.2) is 0 Å². The molecule has 2 aromatic carbocycles. The smallest absolute Gasteiger partial charge is 0.238 e. The van der Waals surface area contributed by atoms with Crippen molar-refractivity contribution in [2.75, 3.05) is 17.8 Å². The molecule has 0 bridgehead atoms. The summed E-state index contributed by atoms with van der Waals surface area (Å²) in [6.45, 7) is 4.37. The van der Waals surface area contributed by atoms with E-state index in [1.54, 1.807) is 18.9 Å². The number of carbonyl (C=O) groups excluding carboxylic acids is 1. The molecule has 0 aliphatic carbocycles. The maximum atomic E-state index is 12.4. The molecule has 120 valence electrons. The quantitative estimate of drug-likeness (QED) is 0.822. The van der Waals surface area contributed by atoms with Crippen molar-refractivity contribution in [3.63, 3.8) is 0 Å². The molecule has 0 radical (unpaired) electrons. The lowest BCUT2D eigenvalue weighted by atomic mass is 10.0. The second kappa shape index (κ2) is 6.67. The third kappa shape index (κ3) is 3.22. The number of ether oxygens (including phenoxy) is 1. The molecule has 3 nitrogen and oxygen atoms in total. The Balaban J connectivity index is 1.89. The van der Waals surface area contributed by atoms with Gasteiger partial charge in [-0.15, -0.1) is 11.8 Å². The highest BCUT2D eigenvalue weighted by Crippen LogP contribution is 2.42. The minimum atomic E-state index is 0.0390. The molecule has 0 spiro atoms. The van der Waals surface area contributed by atoms with Gasteiger partial charge in [0.1, 0.15) is 11.1 Å². The predicted octanol–water partition coefficient (Wildman–Crippen LogP) is 4.60. The van der Waals surface area contributed by atoms with E-state index in [0.29, 0.717) is 11.7 Å². The van der Waals surface area contributed by atoms with Gasteiger partial charge < -0.3 is 4.74 Å². The number of benzene rings is 2. The Morgan fingerprint density at radius 1 is 1.09 bits per heavy atom. The Morgan fingerprint density at radius 3 is 2.30 bits per heavy atom. The van der Waals surface area contributed by atoms with Crippen LogP contribution in [-0.4, -0.2) is 18.8 Å². The van der Waals surface area contributed by atoms with Crippen molar-refractivity contribution in [3.8, 4) is 5.75 Å². The molecule has 3 rings (SSSR count). The lowest BCUT2D eigenvalue weighted by Gasteiger charge is -2.24. The van der Waals surface area contributed by atoms with Gasteiger partial charge in [0.05, 0.1) is 12.9 Å². The van der Waals surface area contributed by atoms with Gasteiger partial charge in [-0.2, -0.15) is 0 Å². The van der Waals surface area contributed by atoms with Crippen LogP contribution >= 0.6 is 11.8 Å². The average Bonchev–Trinajstić information content (AvgIpc) is 2.96. The first kappa shape index (κ1) is 15.9. The Labute approximate surface area is 141 Å². The van der Waals surface area contributed by atoms with E-state index in [2.05, 4.69) is 38.1 Å². The van der Waals surface area contributed by atoms with Gasteiger partial charge in [0.2, 0.25) is 5.91 Å². The first-order valence-electron chi connectivity index (χ1n) is 7.77. The van der Waals surface area contributed by atoms with Gasteiger partial charge in [-0.1, -0.05) is 38.1 Å². The molecule has 4 heteroatoms. The molecule has 1 aliphatic rings. The van der Waals surface area contributed by atoms with Crippen molar-refractivity contribution in [3.05, 3.63) is 59.7 Å². The first-order valence-corrected chi connectivity index (χ1v) is 8.82. The number of hydrogen-bond acceptors (Lipinski definition) is 3. The summed E-state index contributed by atoms with van der Waals surface area (Å²) in [7, 11) is 1.64. The summed E-state index contributed by atoms with van der Waals surface area (Å²) in [5.74, 6) is 1.98. The number of amides is 1. The fourth-order valence-corrected chi connectivity index (χ4v) is 3.92. The van der Waals surface area contributed by atoms with E-state index in [1.807, 2.05) is 29.2 Å². The van der Waals surface area contributed by atoms with Crippen molar-refractivity contribution < 1.29 is 9.53 Å². The number of thioether (sulfide) groups is 1. The number of methoxy groups -OCH3 is 1. The van der Waals surface area contributed by atoms with Crippen LogP contribution in [0.4, 0.5) is 5.69 Å². The van der Waals surface area contributed by atoms with Crippen molar-refractivity contribution in [1.82, 2.24) is 0 Å². The lowest BCUT2D eigenvalue weighted by Crippen LogP contribution is -2.27. The number of nitrogens with zero attached hydrogens (tertiary/aromatic N) is 1. The highest BCUT2D eigenvalue weighted by Gasteiger charge is 2.33. The Hall–Kier alpha value is -1.94. The van der Waals surface area contributed by atoms with Gasteiger partial charge in [-0.05, 0) is 41.3 Å². The van der Waals surface area contributed by atoms with Gasteiger partial charge >= 0.3 is 0 Å². The second-order valence-corrected chi connectivity index (χ2v) is 7.02. The highest BCUT2D eigenvalue weighted by atomic mass is 32.2. The standard InChI is InChI=1S/C19H21NO2S/c1-13(2)14-4-6-15(7-5-14)19-20(18(21)12-23-19)16-8-10-17(22-3)11-9-16/h4-11,13,19H,12H2,1-3H3. The topological polar surface area (TPSA) is 29.5 Å². The van der Waals surface area contributed by atoms with Crippen LogP contribution in [-0.2, 0) is 4.79 Å². The zero-order valence-electron chi connectivity index (χ0n) is 13.7. The molecule has 1 saturated heterocycles. The molecular weight excluding hydrogens is 306 g/mol. The SMILES string of the molecule is COc1ccc(N2C(=O)CSC2c2ccc(C(C)C)cc2)cc1. The summed E-state index contributed by atoms with van der Waals surface area (Å²) in [6.07, 6.45) is 0. The van der Waals surface area contributed by atoms with Crippen LogP contribution in [0, 0.1) is 0 Å². The van der Waals surface area contributed by atoms with Crippen LogP contribution < -0.4 is 9.64 Å². The molecule has 1 aliphatic heterocycles. The van der Waals surface area contributed by atoms with Crippen molar-refractivity contribution in [2.45, 2.75) is 25.1 Å². The van der Waals surface area contributed by atoms with E-state index < -0.39 is 0 Å². The summed E-state index contributed by atoms with van der Waals surface area (Å²) >= 11 is 1.68. The second-order valence-electron chi connectivity index (χ2n) is 5.95. The van der Waals surface area contributed by atoms with Crippen LogP contribution in [0.2, 0.25) is 0 Å². The molecule has 0 aromatic heterocycles. The number of carbonyl (C=O) groups is 1. The first-order chi connectivity index (χ1) is 11.1. The zero-order chi connectivity index (χ0) is 16.4. The van der Waals surface area contributed by atoms with Crippen LogP contribution in [0.3, 0.4) is 0 Å². The fourth-order valence-electron chi connectivity index (χ4n) is 2.74. The Morgan fingerprint density at radius 2 is 1.74 bits per heavy atom. The van der Waals surface area contributed by atoms with E-state index in [1.165, 1.54) is 11.1 Å². The average molecular weight is 327 g/mol. The molecule has 1 heterocycles. The largest absolute Gasteiger partial charge is 0.497 e. The monoisotopic (exact) mass is 327 g/mol. The molecule has 2 aromatic rings. The van der Waals surface area contributed by atoms with Crippen LogP contribution in [0.5, 0.6) is 5.75 Å². The van der Waals surface area contributed by atoms with Gasteiger partial charge in [0.25, 0.3) is 0 Å². The van der Waals surface area contributed by atoms with Crippen molar-refractivity contribution in [2.24, 2.45) is 0 Å². The molecule has 1 atom stereocenters. The number of rotatable bonds is 4. The fraction of sp³-hybridized carbons (Fsp3) is 0.316. The number of anilines is 1. The molecule has 1 fully saturated rings. The van der Waals surface area contributed by atoms with E-state index in [0.717, 1.165) is 11.4 Å². The van der Waals surface area contributed by atoms with Gasteiger partial charge in [0.15, 0.2) is 0 Å². The van der Waals surface area contributed by atoms with Crippen LogP contribution in [0.1, 0.15) is 36.3 Å². The normalized spacial score (nSPS) is 17.8. The van der Waals surface area contributed by atoms with Crippen molar-refractivity contribution in [1.29, 1.82) is 0 Å². The van der Waals surface area contributed by atoms with E-state index >= 15 is 0 Å². The zero-order valence-corrected chi connectivity index (χ0v) is 14.5. The maximum Gasteiger partial charge on any atom is 0.238 e. The van der Waals surface area contributed by atoms with Crippen molar-refractivity contribution >= 4 is 23.4 Å². The minimum Gasteiger partial charge on any atom is -0.497 e. The lowest BCUT2D eigenvalue weighted by molar-refractivity contribution is -0.115. The van der Waals surface area contributed by atoms with E-state index in [4.69, 9.17) is 4.74 Å². The molecular formula is C19H21NO2S.